The van der Waals surface area contributed by atoms with E-state index in [1.165, 1.54) is 22.4 Å². The average Bonchev–Trinajstić information content (AvgIpc) is 3.33. The predicted octanol–water partition coefficient (Wildman–Crippen LogP) is 4.58. The van der Waals surface area contributed by atoms with Crippen LogP contribution >= 0.6 is 0 Å². The lowest BCUT2D eigenvalue weighted by atomic mass is 10.0. The van der Waals surface area contributed by atoms with Gasteiger partial charge in [-0.05, 0) is 47.9 Å². The number of carboxylic acid groups (broad SMARTS) is 1. The number of imidazole rings is 1. The Morgan fingerprint density at radius 1 is 1.23 bits per heavy atom. The smallest absolute Gasteiger partial charge is 0.490 e. The van der Waals surface area contributed by atoms with Gasteiger partial charge in [-0.3, -0.25) is 0 Å². The minimum Gasteiger partial charge on any atom is -0.493 e. The van der Waals surface area contributed by atoms with Crippen LogP contribution in [0.1, 0.15) is 17.1 Å². The van der Waals surface area contributed by atoms with E-state index in [1.54, 1.807) is 0 Å². The van der Waals surface area contributed by atoms with Gasteiger partial charge < -0.3 is 19.7 Å². The van der Waals surface area contributed by atoms with Gasteiger partial charge in [-0.15, -0.1) is 0 Å². The number of aliphatic carboxylic acids is 1. The monoisotopic (exact) mass is 433 g/mol. The fourth-order valence-corrected chi connectivity index (χ4v) is 3.08. The van der Waals surface area contributed by atoms with Gasteiger partial charge >= 0.3 is 12.1 Å². The standard InChI is InChI=1S/C20H21N3O.C2HF3O2/c1-14-21-12-19(23(14)2)13-22-18-5-3-4-15(11-18)16-6-7-20-17(10-16)8-9-24-20;3-2(4,5)1(6)7/h3-7,10-12,22H,8-9,13H2,1-2H3;(H,6,7). The Balaban J connectivity index is 0.000000339. The molecule has 4 rings (SSSR count). The largest absolute Gasteiger partial charge is 0.493 e. The molecule has 2 aromatic carbocycles. The molecule has 0 unspecified atom stereocenters. The Morgan fingerprint density at radius 2 is 1.94 bits per heavy atom. The highest BCUT2D eigenvalue weighted by atomic mass is 19.4. The molecule has 164 valence electrons. The Bertz CT molecular complexity index is 1080. The summed E-state index contributed by atoms with van der Waals surface area (Å²) in [6.07, 6.45) is -2.16. The highest BCUT2D eigenvalue weighted by molar-refractivity contribution is 5.73. The number of aromatic nitrogens is 2. The number of ether oxygens (including phenoxy) is 1. The zero-order valence-corrected chi connectivity index (χ0v) is 17.0. The molecule has 0 atom stereocenters. The Kier molecular flexibility index (Phi) is 6.53. The van der Waals surface area contributed by atoms with Gasteiger partial charge in [0.1, 0.15) is 11.6 Å². The minimum atomic E-state index is -5.08. The quantitative estimate of drug-likeness (QED) is 0.630. The van der Waals surface area contributed by atoms with Crippen molar-refractivity contribution in [3.63, 3.8) is 0 Å². The fourth-order valence-electron chi connectivity index (χ4n) is 3.08. The third kappa shape index (κ3) is 5.56. The predicted molar refractivity (Wildman–Crippen MR) is 110 cm³/mol. The maximum Gasteiger partial charge on any atom is 0.490 e. The maximum atomic E-state index is 10.6. The molecule has 1 aliphatic heterocycles. The summed E-state index contributed by atoms with van der Waals surface area (Å²) in [4.78, 5) is 13.2. The van der Waals surface area contributed by atoms with Crippen molar-refractivity contribution in [1.82, 2.24) is 9.55 Å². The number of benzene rings is 2. The van der Waals surface area contributed by atoms with Crippen LogP contribution in [0.2, 0.25) is 0 Å². The Hall–Kier alpha value is -3.49. The van der Waals surface area contributed by atoms with Crippen LogP contribution in [-0.4, -0.2) is 33.4 Å². The second-order valence-electron chi connectivity index (χ2n) is 7.01. The summed E-state index contributed by atoms with van der Waals surface area (Å²) in [5.41, 5.74) is 6.04. The van der Waals surface area contributed by atoms with E-state index in [-0.39, 0.29) is 0 Å². The summed E-state index contributed by atoms with van der Waals surface area (Å²) < 4.78 is 39.4. The molecule has 1 aliphatic rings. The first-order chi connectivity index (χ1) is 14.6. The summed E-state index contributed by atoms with van der Waals surface area (Å²) >= 11 is 0. The van der Waals surface area contributed by atoms with Crippen LogP contribution in [0.5, 0.6) is 5.75 Å². The van der Waals surface area contributed by atoms with E-state index in [9.17, 15) is 13.2 Å². The van der Waals surface area contributed by atoms with Crippen LogP contribution in [0, 0.1) is 6.92 Å². The molecule has 1 aromatic heterocycles. The van der Waals surface area contributed by atoms with Gasteiger partial charge in [0.25, 0.3) is 0 Å². The first kappa shape index (κ1) is 22.2. The number of alkyl halides is 3. The van der Waals surface area contributed by atoms with Gasteiger partial charge in [0, 0.05) is 19.2 Å². The average molecular weight is 433 g/mol. The van der Waals surface area contributed by atoms with E-state index in [4.69, 9.17) is 14.6 Å². The lowest BCUT2D eigenvalue weighted by molar-refractivity contribution is -0.192. The first-order valence-electron chi connectivity index (χ1n) is 9.52. The van der Waals surface area contributed by atoms with E-state index in [2.05, 4.69) is 57.3 Å². The van der Waals surface area contributed by atoms with Crippen LogP contribution in [0.25, 0.3) is 11.1 Å². The maximum absolute atomic E-state index is 10.6. The zero-order valence-electron chi connectivity index (χ0n) is 17.0. The molecule has 0 bridgehead atoms. The fraction of sp³-hybridized carbons (Fsp3) is 0.273. The lowest BCUT2D eigenvalue weighted by Gasteiger charge is -2.10. The van der Waals surface area contributed by atoms with Crippen molar-refractivity contribution in [2.45, 2.75) is 26.1 Å². The highest BCUT2D eigenvalue weighted by Crippen LogP contribution is 2.31. The number of fused-ring (bicyclic) bond motifs is 1. The zero-order chi connectivity index (χ0) is 22.6. The molecule has 0 aliphatic carbocycles. The second kappa shape index (κ2) is 9.11. The third-order valence-electron chi connectivity index (χ3n) is 4.92. The molecule has 9 heteroatoms. The van der Waals surface area contributed by atoms with Gasteiger partial charge in [0.05, 0.1) is 25.0 Å². The first-order valence-corrected chi connectivity index (χ1v) is 9.52. The summed E-state index contributed by atoms with van der Waals surface area (Å²) in [6.45, 7) is 3.57. The molecular formula is C22H22F3N3O3. The molecule has 2 heterocycles. The van der Waals surface area contributed by atoms with Gasteiger partial charge in [0.2, 0.25) is 0 Å². The number of halogens is 3. The van der Waals surface area contributed by atoms with Gasteiger partial charge in [-0.25, -0.2) is 9.78 Å². The van der Waals surface area contributed by atoms with E-state index in [0.29, 0.717) is 0 Å². The normalized spacial score (nSPS) is 12.4. The number of nitrogens with zero attached hydrogens (tertiary/aromatic N) is 2. The Labute approximate surface area is 177 Å². The van der Waals surface area contributed by atoms with Crippen molar-refractivity contribution in [3.05, 3.63) is 65.7 Å². The SMILES string of the molecule is Cc1ncc(CNc2cccc(-c3ccc4c(c3)CCO4)c2)n1C.O=C(O)C(F)(F)F. The number of anilines is 1. The van der Waals surface area contributed by atoms with Crippen molar-refractivity contribution in [3.8, 4) is 16.9 Å². The van der Waals surface area contributed by atoms with Crippen LogP contribution in [0.4, 0.5) is 18.9 Å². The lowest BCUT2D eigenvalue weighted by Crippen LogP contribution is -2.21. The number of hydrogen-bond donors (Lipinski definition) is 2. The number of nitrogens with one attached hydrogen (secondary N) is 1. The molecule has 0 fully saturated rings. The van der Waals surface area contributed by atoms with Crippen LogP contribution in [0.15, 0.2) is 48.7 Å². The molecule has 2 N–H and O–H groups in total. The number of carbonyl (C=O) groups is 1. The van der Waals surface area contributed by atoms with Gasteiger partial charge in [0.15, 0.2) is 0 Å². The Morgan fingerprint density at radius 3 is 2.58 bits per heavy atom. The molecule has 3 aromatic rings. The van der Waals surface area contributed by atoms with Crippen molar-refractivity contribution < 1.29 is 27.8 Å². The van der Waals surface area contributed by atoms with Gasteiger partial charge in [-0.2, -0.15) is 13.2 Å². The second-order valence-corrected chi connectivity index (χ2v) is 7.01. The summed E-state index contributed by atoms with van der Waals surface area (Å²) in [5.74, 6) is -0.701. The van der Waals surface area contributed by atoms with Crippen LogP contribution in [0.3, 0.4) is 0 Å². The van der Waals surface area contributed by atoms with Gasteiger partial charge in [-0.1, -0.05) is 18.2 Å². The van der Waals surface area contributed by atoms with E-state index in [1.807, 2.05) is 20.2 Å². The molecule has 6 nitrogen and oxygen atoms in total. The van der Waals surface area contributed by atoms with Crippen molar-refractivity contribution in [1.29, 1.82) is 0 Å². The molecule has 0 radical (unpaired) electrons. The number of hydrogen-bond acceptors (Lipinski definition) is 4. The molecule has 0 saturated carbocycles. The number of aryl methyl sites for hydroxylation is 1. The molecule has 0 spiro atoms. The highest BCUT2D eigenvalue weighted by Gasteiger charge is 2.38. The van der Waals surface area contributed by atoms with Crippen LogP contribution in [-0.2, 0) is 24.8 Å². The number of carboxylic acids is 1. The summed E-state index contributed by atoms with van der Waals surface area (Å²) in [7, 11) is 2.04. The summed E-state index contributed by atoms with van der Waals surface area (Å²) in [6, 6.07) is 15.0. The van der Waals surface area contributed by atoms with Crippen LogP contribution < -0.4 is 10.1 Å². The number of rotatable bonds is 4. The van der Waals surface area contributed by atoms with E-state index >= 15 is 0 Å². The van der Waals surface area contributed by atoms with E-state index in [0.717, 1.165) is 36.8 Å². The molecule has 0 saturated heterocycles. The molecule has 0 amide bonds. The summed E-state index contributed by atoms with van der Waals surface area (Å²) in [5, 5.41) is 10.6. The topological polar surface area (TPSA) is 76.4 Å². The van der Waals surface area contributed by atoms with Crippen molar-refractivity contribution in [2.24, 2.45) is 7.05 Å². The molecule has 31 heavy (non-hydrogen) atoms. The minimum absolute atomic E-state index is 0.763. The molecular weight excluding hydrogens is 411 g/mol. The van der Waals surface area contributed by atoms with E-state index < -0.39 is 12.1 Å². The van der Waals surface area contributed by atoms with Crippen molar-refractivity contribution >= 4 is 11.7 Å². The third-order valence-corrected chi connectivity index (χ3v) is 4.92. The van der Waals surface area contributed by atoms with Crippen molar-refractivity contribution in [2.75, 3.05) is 11.9 Å².